The maximum atomic E-state index is 12.7. The smallest absolute Gasteiger partial charge is 0.319 e. The van der Waals surface area contributed by atoms with Crippen molar-refractivity contribution in [2.45, 2.75) is 31.7 Å². The topological polar surface area (TPSA) is 87.5 Å². The van der Waals surface area contributed by atoms with Crippen LogP contribution in [-0.4, -0.2) is 42.5 Å². The fraction of sp³-hybridized carbons (Fsp3) is 0.364. The number of amides is 3. The molecule has 3 rings (SSSR count). The Hall–Kier alpha value is -2.57. The maximum Gasteiger partial charge on any atom is 0.319 e. The molecule has 0 spiro atoms. The molecule has 1 fully saturated rings. The molecule has 0 bridgehead atoms. The first-order valence-electron chi connectivity index (χ1n) is 9.79. The third-order valence-electron chi connectivity index (χ3n) is 5.05. The van der Waals surface area contributed by atoms with Gasteiger partial charge < -0.3 is 21.3 Å². The Bertz CT molecular complexity index is 798. The van der Waals surface area contributed by atoms with E-state index in [0.29, 0.717) is 31.7 Å². The first-order valence-corrected chi connectivity index (χ1v) is 9.79. The lowest BCUT2D eigenvalue weighted by atomic mass is 9.95. The van der Waals surface area contributed by atoms with Crippen LogP contribution in [0.5, 0.6) is 0 Å². The van der Waals surface area contributed by atoms with Crippen molar-refractivity contribution in [3.05, 3.63) is 65.7 Å². The maximum absolute atomic E-state index is 12.7. The molecule has 7 heteroatoms. The molecule has 2 aromatic carbocycles. The molecule has 1 aliphatic heterocycles. The molecular weight excluding hydrogens is 388 g/mol. The second-order valence-corrected chi connectivity index (χ2v) is 7.23. The van der Waals surface area contributed by atoms with Gasteiger partial charge in [-0.15, -0.1) is 12.4 Å². The molecule has 0 unspecified atom stereocenters. The summed E-state index contributed by atoms with van der Waals surface area (Å²) in [6, 6.07) is 17.3. The van der Waals surface area contributed by atoms with E-state index in [0.717, 1.165) is 12.0 Å². The van der Waals surface area contributed by atoms with E-state index in [9.17, 15) is 9.59 Å². The molecule has 2 atom stereocenters. The van der Waals surface area contributed by atoms with Crippen LogP contribution < -0.4 is 16.4 Å². The Morgan fingerprint density at radius 1 is 1.07 bits per heavy atom. The number of nitrogens with one attached hydrogen (secondary N) is 2. The first kappa shape index (κ1) is 22.7. The molecule has 1 aliphatic rings. The van der Waals surface area contributed by atoms with Crippen molar-refractivity contribution in [2.24, 2.45) is 5.73 Å². The van der Waals surface area contributed by atoms with Gasteiger partial charge >= 0.3 is 6.03 Å². The number of hydrogen-bond donors (Lipinski definition) is 3. The van der Waals surface area contributed by atoms with Crippen LogP contribution >= 0.6 is 12.4 Å². The van der Waals surface area contributed by atoms with Crippen LogP contribution in [0, 0.1) is 0 Å². The lowest BCUT2D eigenvalue weighted by molar-refractivity contribution is -0.129. The van der Waals surface area contributed by atoms with Crippen LogP contribution in [-0.2, 0) is 11.2 Å². The van der Waals surface area contributed by atoms with Gasteiger partial charge in [0.15, 0.2) is 0 Å². The standard InChI is InChI=1S/C22H28N4O2.ClH/c1-2-12-24-22(28)25-18-10-8-16(9-11-18)13-21(27)26-14-19(20(23)15-26)17-6-4-3-5-7-17;/h3-11,19-20H,2,12-15,23H2,1H3,(H2,24,25,28);1H/t19-,20+;/m0./s1. The Labute approximate surface area is 178 Å². The summed E-state index contributed by atoms with van der Waals surface area (Å²) in [5.41, 5.74) is 9.10. The Morgan fingerprint density at radius 2 is 1.76 bits per heavy atom. The molecule has 0 saturated carbocycles. The van der Waals surface area contributed by atoms with Gasteiger partial charge in [0.25, 0.3) is 0 Å². The van der Waals surface area contributed by atoms with Crippen molar-refractivity contribution in [1.29, 1.82) is 0 Å². The van der Waals surface area contributed by atoms with Crippen molar-refractivity contribution in [1.82, 2.24) is 10.2 Å². The molecule has 29 heavy (non-hydrogen) atoms. The Morgan fingerprint density at radius 3 is 2.41 bits per heavy atom. The molecule has 6 nitrogen and oxygen atoms in total. The fourth-order valence-electron chi connectivity index (χ4n) is 3.49. The number of urea groups is 1. The summed E-state index contributed by atoms with van der Waals surface area (Å²) >= 11 is 0. The lowest BCUT2D eigenvalue weighted by Gasteiger charge is -2.17. The molecule has 1 heterocycles. The average molecular weight is 417 g/mol. The van der Waals surface area contributed by atoms with Gasteiger partial charge in [0.05, 0.1) is 6.42 Å². The summed E-state index contributed by atoms with van der Waals surface area (Å²) in [6.45, 7) is 3.87. The van der Waals surface area contributed by atoms with Crippen LogP contribution in [0.15, 0.2) is 54.6 Å². The zero-order valence-corrected chi connectivity index (χ0v) is 17.5. The van der Waals surface area contributed by atoms with E-state index in [4.69, 9.17) is 5.73 Å². The molecule has 1 saturated heterocycles. The number of carbonyl (C=O) groups is 2. The van der Waals surface area contributed by atoms with Crippen LogP contribution in [0.4, 0.5) is 10.5 Å². The van der Waals surface area contributed by atoms with Gasteiger partial charge in [-0.2, -0.15) is 0 Å². The monoisotopic (exact) mass is 416 g/mol. The van der Waals surface area contributed by atoms with Gasteiger partial charge in [0, 0.05) is 37.3 Å². The van der Waals surface area contributed by atoms with Gasteiger partial charge in [-0.1, -0.05) is 49.4 Å². The molecule has 156 valence electrons. The van der Waals surface area contributed by atoms with E-state index in [1.165, 1.54) is 5.56 Å². The van der Waals surface area contributed by atoms with Gasteiger partial charge in [0.2, 0.25) is 5.91 Å². The minimum Gasteiger partial charge on any atom is -0.340 e. The number of anilines is 1. The SMILES string of the molecule is CCCNC(=O)Nc1ccc(CC(=O)N2C[C@@H](N)[C@H](c3ccccc3)C2)cc1.Cl. The molecule has 4 N–H and O–H groups in total. The first-order chi connectivity index (χ1) is 13.6. The molecular formula is C22H29ClN4O2. The molecule has 0 aliphatic carbocycles. The van der Waals surface area contributed by atoms with Crippen LogP contribution in [0.3, 0.4) is 0 Å². The molecule has 0 aromatic heterocycles. The van der Waals surface area contributed by atoms with Crippen LogP contribution in [0.25, 0.3) is 0 Å². The van der Waals surface area contributed by atoms with E-state index < -0.39 is 0 Å². The second-order valence-electron chi connectivity index (χ2n) is 7.23. The molecule has 0 radical (unpaired) electrons. The third-order valence-corrected chi connectivity index (χ3v) is 5.05. The van der Waals surface area contributed by atoms with Crippen molar-refractivity contribution in [2.75, 3.05) is 25.0 Å². The van der Waals surface area contributed by atoms with Gasteiger partial charge in [-0.3, -0.25) is 4.79 Å². The Balaban J connectivity index is 0.00000300. The predicted molar refractivity (Wildman–Crippen MR) is 118 cm³/mol. The number of likely N-dealkylation sites (tertiary alicyclic amines) is 1. The van der Waals surface area contributed by atoms with Crippen LogP contribution in [0.1, 0.15) is 30.4 Å². The van der Waals surface area contributed by atoms with Gasteiger partial charge in [0.1, 0.15) is 0 Å². The van der Waals surface area contributed by atoms with E-state index >= 15 is 0 Å². The van der Waals surface area contributed by atoms with E-state index in [1.807, 2.05) is 54.3 Å². The zero-order valence-electron chi connectivity index (χ0n) is 16.6. The highest BCUT2D eigenvalue weighted by atomic mass is 35.5. The average Bonchev–Trinajstić information content (AvgIpc) is 3.10. The highest BCUT2D eigenvalue weighted by Crippen LogP contribution is 2.26. The van der Waals surface area contributed by atoms with E-state index in [2.05, 4.69) is 22.8 Å². The summed E-state index contributed by atoms with van der Waals surface area (Å²) < 4.78 is 0. The highest BCUT2D eigenvalue weighted by Gasteiger charge is 2.33. The van der Waals surface area contributed by atoms with Crippen molar-refractivity contribution < 1.29 is 9.59 Å². The number of nitrogens with two attached hydrogens (primary N) is 1. The predicted octanol–water partition coefficient (Wildman–Crippen LogP) is 3.14. The summed E-state index contributed by atoms with van der Waals surface area (Å²) in [6.07, 6.45) is 1.22. The minimum atomic E-state index is -0.219. The van der Waals surface area contributed by atoms with E-state index in [-0.39, 0.29) is 36.3 Å². The quantitative estimate of drug-likeness (QED) is 0.676. The van der Waals surface area contributed by atoms with Crippen molar-refractivity contribution in [3.8, 4) is 0 Å². The third kappa shape index (κ3) is 6.21. The fourth-order valence-corrected chi connectivity index (χ4v) is 3.49. The van der Waals surface area contributed by atoms with Crippen molar-refractivity contribution in [3.63, 3.8) is 0 Å². The summed E-state index contributed by atoms with van der Waals surface area (Å²) in [5, 5.41) is 5.54. The molecule has 3 amide bonds. The normalized spacial score (nSPS) is 18.1. The number of rotatable bonds is 6. The zero-order chi connectivity index (χ0) is 19.9. The van der Waals surface area contributed by atoms with Gasteiger partial charge in [-0.05, 0) is 29.7 Å². The number of carbonyl (C=O) groups excluding carboxylic acids is 2. The highest BCUT2D eigenvalue weighted by molar-refractivity contribution is 5.89. The number of nitrogens with zero attached hydrogens (tertiary/aromatic N) is 1. The van der Waals surface area contributed by atoms with Gasteiger partial charge in [-0.25, -0.2) is 4.79 Å². The van der Waals surface area contributed by atoms with Crippen LogP contribution in [0.2, 0.25) is 0 Å². The summed E-state index contributed by atoms with van der Waals surface area (Å²) in [7, 11) is 0. The molecule has 2 aromatic rings. The Kier molecular flexibility index (Phi) is 8.49. The minimum absolute atomic E-state index is 0. The largest absolute Gasteiger partial charge is 0.340 e. The number of hydrogen-bond acceptors (Lipinski definition) is 3. The van der Waals surface area contributed by atoms with Crippen molar-refractivity contribution >= 4 is 30.0 Å². The summed E-state index contributed by atoms with van der Waals surface area (Å²) in [5.74, 6) is 0.258. The lowest BCUT2D eigenvalue weighted by Crippen LogP contribution is -2.33. The second kappa shape index (κ2) is 10.8. The number of halogens is 1. The summed E-state index contributed by atoms with van der Waals surface area (Å²) in [4.78, 5) is 26.3. The van der Waals surface area contributed by atoms with E-state index in [1.54, 1.807) is 0 Å². The number of benzene rings is 2.